The van der Waals surface area contributed by atoms with Gasteiger partial charge in [-0.05, 0) is 44.9 Å². The van der Waals surface area contributed by atoms with Crippen molar-refractivity contribution in [3.8, 4) is 0 Å². The molecule has 0 unspecified atom stereocenters. The average Bonchev–Trinajstić information content (AvgIpc) is 2.80. The second-order valence-corrected chi connectivity index (χ2v) is 7.55. The Hall–Kier alpha value is -0.890. The molecule has 3 rings (SSSR count). The molecule has 1 aliphatic carbocycles. The van der Waals surface area contributed by atoms with Gasteiger partial charge in [0.25, 0.3) is 0 Å². The Morgan fingerprint density at radius 2 is 2.00 bits per heavy atom. The largest absolute Gasteiger partial charge is 0.366 e. The molecule has 2 heterocycles. The Balaban J connectivity index is 2.00. The summed E-state index contributed by atoms with van der Waals surface area (Å²) in [5, 5.41) is 0. The number of ether oxygens (including phenoxy) is 1. The summed E-state index contributed by atoms with van der Waals surface area (Å²) in [6, 6.07) is 0. The van der Waals surface area contributed by atoms with Crippen LogP contribution >= 0.6 is 0 Å². The number of allylic oxidation sites excluding steroid dienone is 2. The van der Waals surface area contributed by atoms with Gasteiger partial charge in [0.1, 0.15) is 6.10 Å². The number of carbonyl (C=O) groups excluding carboxylic acids is 1. The minimum atomic E-state index is -0.157. The molecule has 1 saturated heterocycles. The number of Topliss-reactive ketones (excluding diaryl/α,β-unsaturated/α-hetero) is 1. The molecule has 0 N–H and O–H groups in total. The van der Waals surface area contributed by atoms with Crippen molar-refractivity contribution in [3.63, 3.8) is 0 Å². The zero-order chi connectivity index (χ0) is 15.1. The molecule has 0 aromatic rings. The van der Waals surface area contributed by atoms with Crippen molar-refractivity contribution in [1.82, 2.24) is 0 Å². The van der Waals surface area contributed by atoms with Crippen LogP contribution in [0.3, 0.4) is 0 Å². The van der Waals surface area contributed by atoms with Crippen molar-refractivity contribution < 1.29 is 9.53 Å². The summed E-state index contributed by atoms with van der Waals surface area (Å²) in [5.41, 5.74) is 2.83. The van der Waals surface area contributed by atoms with Crippen molar-refractivity contribution in [1.29, 1.82) is 0 Å². The van der Waals surface area contributed by atoms with E-state index < -0.39 is 0 Å². The van der Waals surface area contributed by atoms with E-state index in [0.717, 1.165) is 19.3 Å². The van der Waals surface area contributed by atoms with Gasteiger partial charge in [0.05, 0.1) is 6.10 Å². The van der Waals surface area contributed by atoms with Gasteiger partial charge in [0, 0.05) is 18.3 Å². The maximum atomic E-state index is 12.6. The van der Waals surface area contributed by atoms with E-state index in [2.05, 4.69) is 39.8 Å². The summed E-state index contributed by atoms with van der Waals surface area (Å²) in [7, 11) is 0. The molecule has 3 aliphatic rings. The number of ketones is 1. The number of hydrogen-bond acceptors (Lipinski definition) is 2. The lowest BCUT2D eigenvalue weighted by atomic mass is 9.64. The molecule has 2 aliphatic heterocycles. The molecule has 0 radical (unpaired) electrons. The first kappa shape index (κ1) is 15.0. The number of fused-ring (bicyclic) bond motifs is 5. The zero-order valence-corrected chi connectivity index (χ0v) is 13.8. The van der Waals surface area contributed by atoms with Gasteiger partial charge in [-0.1, -0.05) is 37.1 Å². The van der Waals surface area contributed by atoms with Crippen molar-refractivity contribution in [3.05, 3.63) is 23.3 Å². The predicted octanol–water partition coefficient (Wildman–Crippen LogP) is 4.31. The molecule has 2 heteroatoms. The van der Waals surface area contributed by atoms with Gasteiger partial charge in [-0.3, -0.25) is 4.79 Å². The highest BCUT2D eigenvalue weighted by Gasteiger charge is 2.52. The minimum absolute atomic E-state index is 0.157. The van der Waals surface area contributed by atoms with Crippen LogP contribution < -0.4 is 0 Å². The lowest BCUT2D eigenvalue weighted by Crippen LogP contribution is -2.39. The van der Waals surface area contributed by atoms with Crippen LogP contribution in [0.4, 0.5) is 0 Å². The second kappa shape index (κ2) is 5.72. The van der Waals surface area contributed by atoms with E-state index in [-0.39, 0.29) is 12.2 Å². The molecule has 0 amide bonds. The SMILES string of the molecule is CC1=CC[C@H](C(C)C)[C@@H]2[C@H]1[C@H]1C/C(C)=C/CCC(=O)[C@@H]2O1. The van der Waals surface area contributed by atoms with E-state index >= 15 is 0 Å². The summed E-state index contributed by atoms with van der Waals surface area (Å²) < 4.78 is 6.33. The van der Waals surface area contributed by atoms with Gasteiger partial charge in [-0.2, -0.15) is 0 Å². The molecule has 1 fully saturated rings. The van der Waals surface area contributed by atoms with Crippen molar-refractivity contribution >= 4 is 5.78 Å². The van der Waals surface area contributed by atoms with Crippen molar-refractivity contribution in [2.45, 2.75) is 65.6 Å². The number of carbonyl (C=O) groups is 1. The highest BCUT2D eigenvalue weighted by atomic mass is 16.5. The molecule has 0 spiro atoms. The Labute approximate surface area is 128 Å². The van der Waals surface area contributed by atoms with Gasteiger partial charge in [0.15, 0.2) is 5.78 Å². The van der Waals surface area contributed by atoms with E-state index in [9.17, 15) is 4.79 Å². The maximum Gasteiger partial charge on any atom is 0.162 e. The van der Waals surface area contributed by atoms with Crippen LogP contribution in [0.5, 0.6) is 0 Å². The lowest BCUT2D eigenvalue weighted by molar-refractivity contribution is -0.132. The molecule has 21 heavy (non-hydrogen) atoms. The predicted molar refractivity (Wildman–Crippen MR) is 85.0 cm³/mol. The summed E-state index contributed by atoms with van der Waals surface area (Å²) in [4.78, 5) is 12.6. The van der Waals surface area contributed by atoms with Gasteiger partial charge in [0.2, 0.25) is 0 Å². The van der Waals surface area contributed by atoms with E-state index in [1.54, 1.807) is 0 Å². The van der Waals surface area contributed by atoms with Gasteiger partial charge in [-0.15, -0.1) is 0 Å². The topological polar surface area (TPSA) is 26.3 Å². The molecule has 2 bridgehead atoms. The minimum Gasteiger partial charge on any atom is -0.366 e. The van der Waals surface area contributed by atoms with Crippen molar-refractivity contribution in [2.24, 2.45) is 23.7 Å². The molecule has 0 aromatic heterocycles. The standard InChI is InChI=1S/C19H28O2/c1-11(2)14-9-8-13(4)17-16-10-12(3)6-5-7-15(20)19(21-16)18(14)17/h6,8,11,14,16-19H,5,7,9-10H2,1-4H3/b12-6+/t14-,16-,17-,18-,19+/m1/s1. The highest BCUT2D eigenvalue weighted by Crippen LogP contribution is 2.50. The van der Waals surface area contributed by atoms with Crippen LogP contribution in [-0.2, 0) is 9.53 Å². The highest BCUT2D eigenvalue weighted by molar-refractivity contribution is 5.84. The van der Waals surface area contributed by atoms with Crippen LogP contribution in [0.2, 0.25) is 0 Å². The smallest absolute Gasteiger partial charge is 0.162 e. The molecule has 116 valence electrons. The summed E-state index contributed by atoms with van der Waals surface area (Å²) >= 11 is 0. The molecular formula is C19H28O2. The van der Waals surface area contributed by atoms with E-state index in [1.165, 1.54) is 11.1 Å². The Kier molecular flexibility index (Phi) is 4.09. The molecular weight excluding hydrogens is 260 g/mol. The third-order valence-corrected chi connectivity index (χ3v) is 5.80. The van der Waals surface area contributed by atoms with Crippen LogP contribution in [0.1, 0.15) is 53.4 Å². The van der Waals surface area contributed by atoms with E-state index in [0.29, 0.717) is 35.9 Å². The van der Waals surface area contributed by atoms with Gasteiger partial charge >= 0.3 is 0 Å². The summed E-state index contributed by atoms with van der Waals surface area (Å²) in [6.07, 6.45) is 8.31. The first-order valence-electron chi connectivity index (χ1n) is 8.49. The zero-order valence-electron chi connectivity index (χ0n) is 13.8. The van der Waals surface area contributed by atoms with E-state index in [4.69, 9.17) is 4.74 Å². The third kappa shape index (κ3) is 2.63. The normalized spacial score (nSPS) is 42.5. The van der Waals surface area contributed by atoms with Gasteiger partial charge < -0.3 is 4.74 Å². The van der Waals surface area contributed by atoms with Gasteiger partial charge in [-0.25, -0.2) is 0 Å². The maximum absolute atomic E-state index is 12.6. The summed E-state index contributed by atoms with van der Waals surface area (Å²) in [6.45, 7) is 9.01. The molecule has 2 nitrogen and oxygen atoms in total. The Morgan fingerprint density at radius 1 is 1.24 bits per heavy atom. The average molecular weight is 288 g/mol. The Morgan fingerprint density at radius 3 is 2.71 bits per heavy atom. The first-order valence-corrected chi connectivity index (χ1v) is 8.49. The monoisotopic (exact) mass is 288 g/mol. The van der Waals surface area contributed by atoms with Crippen LogP contribution in [0, 0.1) is 23.7 Å². The lowest BCUT2D eigenvalue weighted by Gasteiger charge is -2.38. The second-order valence-electron chi connectivity index (χ2n) is 7.55. The fourth-order valence-electron chi connectivity index (χ4n) is 4.69. The van der Waals surface area contributed by atoms with Crippen LogP contribution in [0.25, 0.3) is 0 Å². The van der Waals surface area contributed by atoms with E-state index in [1.807, 2.05) is 0 Å². The Bertz CT molecular complexity index is 486. The molecule has 0 saturated carbocycles. The molecule has 0 aromatic carbocycles. The van der Waals surface area contributed by atoms with Crippen LogP contribution in [0.15, 0.2) is 23.3 Å². The number of rotatable bonds is 1. The first-order chi connectivity index (χ1) is 9.99. The fourth-order valence-corrected chi connectivity index (χ4v) is 4.69. The molecule has 5 atom stereocenters. The number of hydrogen-bond donors (Lipinski definition) is 0. The fraction of sp³-hybridized carbons (Fsp3) is 0.737. The quantitative estimate of drug-likeness (QED) is 0.672. The third-order valence-electron chi connectivity index (χ3n) is 5.80. The van der Waals surface area contributed by atoms with Crippen molar-refractivity contribution in [2.75, 3.05) is 0 Å². The van der Waals surface area contributed by atoms with Crippen LogP contribution in [-0.4, -0.2) is 18.0 Å². The summed E-state index contributed by atoms with van der Waals surface area (Å²) in [5.74, 6) is 2.37.